The number of aliphatic carboxylic acids is 1. The predicted molar refractivity (Wildman–Crippen MR) is 143 cm³/mol. The second kappa shape index (κ2) is 8.47. The number of esters is 2. The molecule has 7 rings (SSSR count). The molecule has 3 saturated heterocycles. The van der Waals surface area contributed by atoms with E-state index in [2.05, 4.69) is 0 Å². The molecule has 0 spiro atoms. The minimum atomic E-state index is -1.85. The summed E-state index contributed by atoms with van der Waals surface area (Å²) in [4.78, 5) is 37.7. The predicted octanol–water partition coefficient (Wildman–Crippen LogP) is 1.43. The van der Waals surface area contributed by atoms with Crippen molar-refractivity contribution in [2.75, 3.05) is 0 Å². The Morgan fingerprint density at radius 3 is 2.33 bits per heavy atom. The molecule has 0 aromatic rings. The Morgan fingerprint density at radius 2 is 1.69 bits per heavy atom. The molecular formula is C31H44O11. The van der Waals surface area contributed by atoms with E-state index in [1.807, 2.05) is 20.8 Å². The molecule has 0 aromatic heterocycles. The van der Waals surface area contributed by atoms with E-state index in [0.29, 0.717) is 19.3 Å². The zero-order chi connectivity index (χ0) is 30.5. The molecule has 4 unspecified atom stereocenters. The number of ether oxygens (including phenoxy) is 4. The van der Waals surface area contributed by atoms with E-state index < -0.39 is 81.6 Å². The Bertz CT molecular complexity index is 1240. The number of carboxylic acids is 1. The average molecular weight is 593 g/mol. The molecule has 11 heteroatoms. The molecule has 3 aliphatic heterocycles. The average Bonchev–Trinajstić information content (AvgIpc) is 3.78. The maximum Gasteiger partial charge on any atom is 0.338 e. The van der Waals surface area contributed by atoms with E-state index in [4.69, 9.17) is 18.9 Å². The summed E-state index contributed by atoms with van der Waals surface area (Å²) in [7, 11) is 0. The van der Waals surface area contributed by atoms with Crippen LogP contribution >= 0.6 is 0 Å². The van der Waals surface area contributed by atoms with E-state index in [9.17, 15) is 34.8 Å². The van der Waals surface area contributed by atoms with E-state index in [0.717, 1.165) is 0 Å². The number of epoxide rings is 2. The third-order valence-corrected chi connectivity index (χ3v) is 13.9. The number of carboxylic acid groups (broad SMARTS) is 1. The SMILES string of the molecule is CC(=O)O[C@H]1[C@H]2O[C@H]2C[C@]2(O)[C@H]3O[C@H]3[C@H]3[C@@H]4CC(C5(C)C[C@@H](C)OC(=O)C5(C)O)C(CC(=O)O)[C@@]4(C)[C@@H](O)C[C@@H]3[C@@]12C. The van der Waals surface area contributed by atoms with Crippen molar-refractivity contribution in [1.29, 1.82) is 0 Å². The van der Waals surface area contributed by atoms with Crippen LogP contribution in [-0.2, 0) is 33.3 Å². The van der Waals surface area contributed by atoms with Gasteiger partial charge in [-0.05, 0) is 62.7 Å². The van der Waals surface area contributed by atoms with Gasteiger partial charge in [-0.2, -0.15) is 0 Å². The third kappa shape index (κ3) is 3.32. The zero-order valence-electron chi connectivity index (χ0n) is 25.1. The normalized spacial score (nSPS) is 60.5. The second-order valence-corrected chi connectivity index (χ2v) is 15.5. The largest absolute Gasteiger partial charge is 0.481 e. The third-order valence-electron chi connectivity index (χ3n) is 13.9. The molecule has 4 aliphatic carbocycles. The monoisotopic (exact) mass is 592 g/mol. The fourth-order valence-electron chi connectivity index (χ4n) is 11.5. The Hall–Kier alpha value is -1.79. The first-order valence-electron chi connectivity index (χ1n) is 15.5. The molecule has 42 heavy (non-hydrogen) atoms. The molecule has 0 aromatic carbocycles. The summed E-state index contributed by atoms with van der Waals surface area (Å²) in [5.41, 5.74) is -6.02. The first kappa shape index (κ1) is 29.0. The first-order chi connectivity index (χ1) is 19.4. The van der Waals surface area contributed by atoms with Crippen LogP contribution in [0.2, 0.25) is 0 Å². The summed E-state index contributed by atoms with van der Waals surface area (Å²) in [6, 6.07) is 0. The van der Waals surface area contributed by atoms with Crippen molar-refractivity contribution in [3.05, 3.63) is 0 Å². The molecule has 0 radical (unpaired) electrons. The molecule has 3 heterocycles. The fourth-order valence-corrected chi connectivity index (χ4v) is 11.5. The topological polar surface area (TPSA) is 176 Å². The van der Waals surface area contributed by atoms with Gasteiger partial charge >= 0.3 is 17.9 Å². The maximum absolute atomic E-state index is 13.0. The number of cyclic esters (lactones) is 1. The number of aliphatic hydroxyl groups excluding tert-OH is 1. The van der Waals surface area contributed by atoms with Gasteiger partial charge in [-0.3, -0.25) is 9.59 Å². The van der Waals surface area contributed by atoms with Crippen LogP contribution in [-0.4, -0.2) is 92.3 Å². The first-order valence-corrected chi connectivity index (χ1v) is 15.5. The van der Waals surface area contributed by atoms with Crippen LogP contribution in [0.3, 0.4) is 0 Å². The molecule has 7 aliphatic rings. The van der Waals surface area contributed by atoms with Gasteiger partial charge < -0.3 is 39.4 Å². The van der Waals surface area contributed by atoms with E-state index >= 15 is 0 Å². The van der Waals surface area contributed by atoms with Gasteiger partial charge in [-0.15, -0.1) is 0 Å². The van der Waals surface area contributed by atoms with E-state index in [1.165, 1.54) is 13.8 Å². The Balaban J connectivity index is 1.34. The zero-order valence-corrected chi connectivity index (χ0v) is 25.1. The van der Waals surface area contributed by atoms with Crippen molar-refractivity contribution in [1.82, 2.24) is 0 Å². The summed E-state index contributed by atoms with van der Waals surface area (Å²) >= 11 is 0. The second-order valence-electron chi connectivity index (χ2n) is 15.5. The van der Waals surface area contributed by atoms with Crippen LogP contribution in [0.4, 0.5) is 0 Å². The molecule has 4 N–H and O–H groups in total. The highest BCUT2D eigenvalue weighted by Crippen LogP contribution is 2.76. The standard InChI is InChI=1S/C31H44O11/c1-12-10-27(3,30(6,37)26(36)39-12)14-7-16-21-17(8-19(33)28(16,4)15(14)9-20(34)35)29(5)24(40-13(2)32)22-18(41-22)11-31(29,38)25-23(21)42-25/h12,14-19,21-25,33,37-38H,7-11H2,1-6H3,(H,34,35)/t12-,14?,15?,16+,17+,18+,19+,21+,22+,23+,24+,25+,27?,28-,29+,30?,31+/m1/s1. The van der Waals surface area contributed by atoms with Crippen molar-refractivity contribution in [3.8, 4) is 0 Å². The lowest BCUT2D eigenvalue weighted by atomic mass is 9.42. The summed E-state index contributed by atoms with van der Waals surface area (Å²) in [6.45, 7) is 10.3. The van der Waals surface area contributed by atoms with Crippen LogP contribution in [0.15, 0.2) is 0 Å². The minimum absolute atomic E-state index is 0.162. The Morgan fingerprint density at radius 1 is 1.00 bits per heavy atom. The molecule has 0 amide bonds. The summed E-state index contributed by atoms with van der Waals surface area (Å²) in [6.07, 6.45) is -2.22. The minimum Gasteiger partial charge on any atom is -0.481 e. The van der Waals surface area contributed by atoms with Crippen molar-refractivity contribution in [3.63, 3.8) is 0 Å². The molecule has 4 saturated carbocycles. The quantitative estimate of drug-likeness (QED) is 0.274. The van der Waals surface area contributed by atoms with Gasteiger partial charge in [-0.1, -0.05) is 20.8 Å². The molecule has 17 atom stereocenters. The summed E-state index contributed by atoms with van der Waals surface area (Å²) < 4.78 is 23.6. The molecular weight excluding hydrogens is 548 g/mol. The lowest BCUT2D eigenvalue weighted by Gasteiger charge is -2.63. The van der Waals surface area contributed by atoms with Gasteiger partial charge in [0, 0.05) is 36.0 Å². The van der Waals surface area contributed by atoms with Crippen LogP contribution < -0.4 is 0 Å². The Labute approximate surface area is 245 Å². The van der Waals surface area contributed by atoms with Gasteiger partial charge in [0.15, 0.2) is 5.60 Å². The lowest BCUT2D eigenvalue weighted by Crippen LogP contribution is -2.72. The number of carbonyl (C=O) groups excluding carboxylic acids is 2. The highest BCUT2D eigenvalue weighted by Gasteiger charge is 2.84. The van der Waals surface area contributed by atoms with Crippen LogP contribution in [0.25, 0.3) is 0 Å². The smallest absolute Gasteiger partial charge is 0.338 e. The molecule has 11 nitrogen and oxygen atoms in total. The van der Waals surface area contributed by atoms with Gasteiger partial charge in [0.2, 0.25) is 0 Å². The van der Waals surface area contributed by atoms with Gasteiger partial charge in [-0.25, -0.2) is 4.79 Å². The highest BCUT2D eigenvalue weighted by molar-refractivity contribution is 5.81. The van der Waals surface area contributed by atoms with Crippen molar-refractivity contribution >= 4 is 17.9 Å². The van der Waals surface area contributed by atoms with Gasteiger partial charge in [0.1, 0.15) is 23.9 Å². The molecule has 7 fully saturated rings. The number of rotatable bonds is 4. The van der Waals surface area contributed by atoms with Crippen molar-refractivity contribution in [2.24, 2.45) is 45.8 Å². The molecule has 234 valence electrons. The summed E-state index contributed by atoms with van der Waals surface area (Å²) in [5.74, 6) is -3.83. The molecule has 0 bridgehead atoms. The van der Waals surface area contributed by atoms with Crippen LogP contribution in [0, 0.1) is 45.8 Å². The van der Waals surface area contributed by atoms with Crippen LogP contribution in [0.1, 0.15) is 73.6 Å². The van der Waals surface area contributed by atoms with Gasteiger partial charge in [0.05, 0.1) is 24.4 Å². The van der Waals surface area contributed by atoms with Crippen molar-refractivity contribution in [2.45, 2.75) is 128 Å². The summed E-state index contributed by atoms with van der Waals surface area (Å²) in [5, 5.41) is 46.2. The number of hydrogen-bond donors (Lipinski definition) is 4. The maximum atomic E-state index is 13.0. The van der Waals surface area contributed by atoms with Crippen molar-refractivity contribution < 1.29 is 53.8 Å². The number of hydrogen-bond acceptors (Lipinski definition) is 10. The highest BCUT2D eigenvalue weighted by atomic mass is 16.6. The van der Waals surface area contributed by atoms with Gasteiger partial charge in [0.25, 0.3) is 0 Å². The number of carbonyl (C=O) groups is 3. The fraction of sp³-hybridized carbons (Fsp3) is 0.903. The number of aliphatic hydroxyl groups is 3. The Kier molecular flexibility index (Phi) is 5.84. The van der Waals surface area contributed by atoms with E-state index in [1.54, 1.807) is 6.92 Å². The van der Waals surface area contributed by atoms with Crippen LogP contribution in [0.5, 0.6) is 0 Å². The van der Waals surface area contributed by atoms with E-state index in [-0.39, 0.29) is 48.9 Å². The number of fused-ring (bicyclic) bond motifs is 9. The lowest BCUT2D eigenvalue weighted by molar-refractivity contribution is -0.246.